The van der Waals surface area contributed by atoms with Crippen LogP contribution in [0.1, 0.15) is 19.3 Å². The fourth-order valence-corrected chi connectivity index (χ4v) is 1.17. The molecule has 1 N–H and O–H groups in total. The monoisotopic (exact) mass is 215 g/mol. The van der Waals surface area contributed by atoms with E-state index in [4.69, 9.17) is 19.4 Å². The molecule has 2 radical (unpaired) electrons. The number of thiol groups is 1. The van der Waals surface area contributed by atoms with Gasteiger partial charge >= 0.3 is 0 Å². The molecule has 0 saturated carbocycles. The summed E-state index contributed by atoms with van der Waals surface area (Å²) >= 11 is 9.60. The van der Waals surface area contributed by atoms with Gasteiger partial charge in [0.1, 0.15) is 0 Å². The Labute approximate surface area is 90.6 Å². The molecule has 13 heavy (non-hydrogen) atoms. The number of hydrogen-bond acceptors (Lipinski definition) is 2. The number of rotatable bonds is 5. The second kappa shape index (κ2) is 8.34. The smallest absolute Gasteiger partial charge is 0.220 e. The second-order valence-electron chi connectivity index (χ2n) is 2.41. The summed E-state index contributed by atoms with van der Waals surface area (Å²) in [7, 11) is 4.97. The lowest BCUT2D eigenvalue weighted by molar-refractivity contribution is -0.120. The van der Waals surface area contributed by atoms with E-state index in [2.05, 4.69) is 29.7 Å². The van der Waals surface area contributed by atoms with Gasteiger partial charge in [-0.05, 0) is 12.8 Å². The summed E-state index contributed by atoms with van der Waals surface area (Å²) in [4.78, 5) is 10.9. The summed E-state index contributed by atoms with van der Waals surface area (Å²) in [6.07, 6.45) is 1.84. The van der Waals surface area contributed by atoms with Crippen LogP contribution in [0.4, 0.5) is 0 Å². The van der Waals surface area contributed by atoms with Crippen molar-refractivity contribution >= 4 is 38.0 Å². The number of alkyl halides is 1. The first-order chi connectivity index (χ1) is 6.20. The number of halogens is 1. The molecule has 0 aromatic rings. The quantitative estimate of drug-likeness (QED) is 0.230. The van der Waals surface area contributed by atoms with E-state index in [1.807, 2.05) is 0 Å². The van der Waals surface area contributed by atoms with Crippen LogP contribution in [-0.2, 0) is 4.79 Å². The van der Waals surface area contributed by atoms with Gasteiger partial charge in [0.2, 0.25) is 5.91 Å². The lowest BCUT2D eigenvalue weighted by Crippen LogP contribution is -2.21. The Bertz CT molecular complexity index is 214. The maximum absolute atomic E-state index is 10.9. The fourth-order valence-electron chi connectivity index (χ4n) is 0.781. The topological polar surface area (TPSA) is 29.1 Å². The highest BCUT2D eigenvalue weighted by Gasteiger charge is 2.02. The molecule has 0 rings (SSSR count). The van der Waals surface area contributed by atoms with Crippen LogP contribution in [-0.4, -0.2) is 25.0 Å². The molecule has 0 bridgehead atoms. The van der Waals surface area contributed by atoms with Gasteiger partial charge in [0.25, 0.3) is 0 Å². The van der Waals surface area contributed by atoms with E-state index in [1.165, 1.54) is 0 Å². The molecule has 2 nitrogen and oxygen atoms in total. The predicted octanol–water partition coefficient (Wildman–Crippen LogP) is 0.897. The van der Waals surface area contributed by atoms with Crippen molar-refractivity contribution < 1.29 is 4.79 Å². The van der Waals surface area contributed by atoms with Gasteiger partial charge in [0, 0.05) is 6.42 Å². The zero-order valence-electron chi connectivity index (χ0n) is 7.22. The average molecular weight is 216 g/mol. The molecule has 0 aliphatic heterocycles. The first-order valence-corrected chi connectivity index (χ1v) is 5.00. The van der Waals surface area contributed by atoms with Gasteiger partial charge < -0.3 is 5.32 Å². The molecule has 0 heterocycles. The third kappa shape index (κ3) is 8.08. The highest BCUT2D eigenvalue weighted by Crippen LogP contribution is 2.06. The lowest BCUT2D eigenvalue weighted by Gasteiger charge is -2.02. The molecule has 5 heteroatoms. The standard InChI is InChI=1S/C8H11BClNOS/c9-5-4-7(10)2-1-3-8(12)11-6-13/h7,13H,1-3,6H2,(H,11,12). The van der Waals surface area contributed by atoms with Crippen LogP contribution >= 0.6 is 24.2 Å². The molecular weight excluding hydrogens is 204 g/mol. The number of nitrogens with one attached hydrogen (secondary N) is 1. The van der Waals surface area contributed by atoms with Gasteiger partial charge in [0.05, 0.1) is 11.3 Å². The molecular formula is C8H11BClNOS. The van der Waals surface area contributed by atoms with E-state index < -0.39 is 0 Å². The van der Waals surface area contributed by atoms with Crippen molar-refractivity contribution in [3.63, 3.8) is 0 Å². The van der Waals surface area contributed by atoms with Crippen LogP contribution in [0.2, 0.25) is 0 Å². The van der Waals surface area contributed by atoms with E-state index in [-0.39, 0.29) is 11.3 Å². The van der Waals surface area contributed by atoms with Gasteiger partial charge in [-0.15, -0.1) is 11.6 Å². The zero-order chi connectivity index (χ0) is 10.1. The molecule has 0 aromatic carbocycles. The van der Waals surface area contributed by atoms with Crippen molar-refractivity contribution in [1.82, 2.24) is 5.32 Å². The molecule has 0 aliphatic carbocycles. The van der Waals surface area contributed by atoms with E-state index in [0.717, 1.165) is 0 Å². The van der Waals surface area contributed by atoms with Gasteiger partial charge in [-0.3, -0.25) is 4.79 Å². The molecule has 0 aromatic heterocycles. The number of carbonyl (C=O) groups is 1. The minimum Gasteiger partial charge on any atom is -0.347 e. The van der Waals surface area contributed by atoms with Crippen LogP contribution < -0.4 is 5.32 Å². The molecule has 1 atom stereocenters. The first kappa shape index (κ1) is 12.7. The van der Waals surface area contributed by atoms with E-state index in [9.17, 15) is 4.79 Å². The number of carbonyl (C=O) groups excluding carboxylic acids is 1. The minimum atomic E-state index is -0.256. The zero-order valence-corrected chi connectivity index (χ0v) is 8.87. The Morgan fingerprint density at radius 2 is 2.38 bits per heavy atom. The Morgan fingerprint density at radius 1 is 1.69 bits per heavy atom. The summed E-state index contributed by atoms with van der Waals surface area (Å²) in [5, 5.41) is 2.32. The van der Waals surface area contributed by atoms with E-state index in [0.29, 0.717) is 25.1 Å². The molecule has 0 aliphatic rings. The summed E-state index contributed by atoms with van der Waals surface area (Å²) < 4.78 is 0. The maximum Gasteiger partial charge on any atom is 0.220 e. The summed E-state index contributed by atoms with van der Waals surface area (Å²) in [6.45, 7) is 0. The third-order valence-corrected chi connectivity index (χ3v) is 1.86. The lowest BCUT2D eigenvalue weighted by atomic mass is 10.1. The Hall–Kier alpha value is -0.265. The fraction of sp³-hybridized carbons (Fsp3) is 0.625. The van der Waals surface area contributed by atoms with Crippen LogP contribution in [0.15, 0.2) is 0 Å². The summed E-state index contributed by atoms with van der Waals surface area (Å²) in [5.74, 6) is 5.19. The SMILES string of the molecule is [B]C#CC(Cl)CCCC(=O)NCS. The number of hydrogen-bond donors (Lipinski definition) is 2. The third-order valence-electron chi connectivity index (χ3n) is 1.38. The normalized spacial score (nSPS) is 11.2. The molecule has 1 amide bonds. The van der Waals surface area contributed by atoms with Crippen LogP contribution in [0.5, 0.6) is 0 Å². The Balaban J connectivity index is 3.42. The number of amides is 1. The molecule has 0 fully saturated rings. The predicted molar refractivity (Wildman–Crippen MR) is 59.0 cm³/mol. The summed E-state index contributed by atoms with van der Waals surface area (Å²) in [5.41, 5.74) is 0. The van der Waals surface area contributed by atoms with Crippen molar-refractivity contribution in [2.24, 2.45) is 0 Å². The van der Waals surface area contributed by atoms with Gasteiger partial charge in [-0.25, -0.2) is 0 Å². The molecule has 0 saturated heterocycles. The summed E-state index contributed by atoms with van der Waals surface area (Å²) in [6, 6.07) is 0. The minimum absolute atomic E-state index is 0.0143. The Morgan fingerprint density at radius 3 is 2.92 bits per heavy atom. The van der Waals surface area contributed by atoms with Gasteiger partial charge in [-0.2, -0.15) is 18.4 Å². The van der Waals surface area contributed by atoms with Gasteiger partial charge in [-0.1, -0.05) is 5.92 Å². The maximum atomic E-state index is 10.9. The first-order valence-electron chi connectivity index (χ1n) is 3.93. The highest BCUT2D eigenvalue weighted by molar-refractivity contribution is 7.80. The van der Waals surface area contributed by atoms with E-state index >= 15 is 0 Å². The van der Waals surface area contributed by atoms with Crippen LogP contribution in [0.3, 0.4) is 0 Å². The van der Waals surface area contributed by atoms with Crippen LogP contribution in [0.25, 0.3) is 0 Å². The second-order valence-corrected chi connectivity index (χ2v) is 3.25. The molecule has 0 spiro atoms. The van der Waals surface area contributed by atoms with Crippen LogP contribution in [0, 0.1) is 11.7 Å². The highest BCUT2D eigenvalue weighted by atomic mass is 35.5. The van der Waals surface area contributed by atoms with Gasteiger partial charge in [0.15, 0.2) is 7.85 Å². The molecule has 70 valence electrons. The van der Waals surface area contributed by atoms with Crippen molar-refractivity contribution in [1.29, 1.82) is 0 Å². The van der Waals surface area contributed by atoms with Crippen molar-refractivity contribution in [2.45, 2.75) is 24.6 Å². The van der Waals surface area contributed by atoms with Crippen molar-refractivity contribution in [3.05, 3.63) is 0 Å². The van der Waals surface area contributed by atoms with E-state index in [1.54, 1.807) is 0 Å². The molecule has 1 unspecified atom stereocenters. The largest absolute Gasteiger partial charge is 0.347 e. The van der Waals surface area contributed by atoms with Crippen molar-refractivity contribution in [3.8, 4) is 11.7 Å². The Kier molecular flexibility index (Phi) is 8.17. The van der Waals surface area contributed by atoms with Crippen molar-refractivity contribution in [2.75, 3.05) is 5.88 Å². The average Bonchev–Trinajstić information content (AvgIpc) is 2.05.